The average Bonchev–Trinajstić information content (AvgIpc) is 3.34. The van der Waals surface area contributed by atoms with Crippen molar-refractivity contribution in [1.29, 1.82) is 0 Å². The highest BCUT2D eigenvalue weighted by Gasteiger charge is 2.41. The van der Waals surface area contributed by atoms with Crippen LogP contribution < -0.4 is 25.6 Å². The second-order valence-corrected chi connectivity index (χ2v) is 19.1. The molecule has 0 saturated carbocycles. The molecule has 0 aliphatic carbocycles. The summed E-state index contributed by atoms with van der Waals surface area (Å²) in [7, 11) is -2.82. The third-order valence-electron chi connectivity index (χ3n) is 11.8. The SMILES string of the molecule is c1ccc(-c2ccc(N(c3ccc([Si](c4ccccc4)(c4ccccc4)c4ccc5ccccc5c4)cc3)c3ccccc3-c3ccccc3)c(-c3ccccc3)c2)cc1. The lowest BCUT2D eigenvalue weighted by atomic mass is 9.95. The molecule has 0 N–H and O–H groups in total. The van der Waals surface area contributed by atoms with Crippen LogP contribution in [0.2, 0.25) is 0 Å². The summed E-state index contributed by atoms with van der Waals surface area (Å²) in [6.45, 7) is 0. The van der Waals surface area contributed by atoms with E-state index in [1.807, 2.05) is 0 Å². The molecule has 0 aliphatic rings. The molecule has 0 fully saturated rings. The first-order valence-electron chi connectivity index (χ1n) is 20.7. The number of para-hydroxylation sites is 1. The third kappa shape index (κ3) is 6.83. The van der Waals surface area contributed by atoms with Crippen LogP contribution in [0.25, 0.3) is 44.2 Å². The monoisotopic (exact) mass is 781 g/mol. The minimum absolute atomic E-state index is 1.09. The Morgan fingerprint density at radius 1 is 0.250 bits per heavy atom. The molecule has 284 valence electrons. The van der Waals surface area contributed by atoms with Gasteiger partial charge in [-0.15, -0.1) is 0 Å². The first-order valence-corrected chi connectivity index (χ1v) is 22.7. The summed E-state index contributed by atoms with van der Waals surface area (Å²) in [6, 6.07) is 95.8. The zero-order valence-corrected chi connectivity index (χ0v) is 34.3. The lowest BCUT2D eigenvalue weighted by Crippen LogP contribution is -2.74. The molecule has 10 rings (SSSR count). The Hall–Kier alpha value is -7.52. The molecule has 0 heterocycles. The molecule has 0 atom stereocenters. The largest absolute Gasteiger partial charge is 0.309 e. The van der Waals surface area contributed by atoms with E-state index in [1.165, 1.54) is 59.3 Å². The van der Waals surface area contributed by atoms with Gasteiger partial charge in [0.1, 0.15) is 0 Å². The van der Waals surface area contributed by atoms with Crippen LogP contribution in [-0.4, -0.2) is 8.07 Å². The van der Waals surface area contributed by atoms with E-state index in [1.54, 1.807) is 0 Å². The van der Waals surface area contributed by atoms with Crippen molar-refractivity contribution in [2.75, 3.05) is 4.90 Å². The van der Waals surface area contributed by atoms with Crippen LogP contribution in [0.15, 0.2) is 261 Å². The lowest BCUT2D eigenvalue weighted by molar-refractivity contribution is 1.28. The zero-order chi connectivity index (χ0) is 40.1. The normalized spacial score (nSPS) is 11.3. The van der Waals surface area contributed by atoms with Gasteiger partial charge in [0.15, 0.2) is 8.07 Å². The van der Waals surface area contributed by atoms with Crippen LogP contribution in [0.4, 0.5) is 17.1 Å². The summed E-state index contributed by atoms with van der Waals surface area (Å²) < 4.78 is 0. The lowest BCUT2D eigenvalue weighted by Gasteiger charge is -2.35. The number of anilines is 3. The van der Waals surface area contributed by atoms with Gasteiger partial charge < -0.3 is 4.90 Å². The minimum Gasteiger partial charge on any atom is -0.309 e. The number of hydrogen-bond donors (Lipinski definition) is 0. The van der Waals surface area contributed by atoms with E-state index in [-0.39, 0.29) is 0 Å². The molecule has 0 amide bonds. The van der Waals surface area contributed by atoms with Gasteiger partial charge in [-0.3, -0.25) is 0 Å². The van der Waals surface area contributed by atoms with Crippen molar-refractivity contribution in [3.63, 3.8) is 0 Å². The van der Waals surface area contributed by atoms with Crippen LogP contribution in [0.3, 0.4) is 0 Å². The number of hydrogen-bond acceptors (Lipinski definition) is 1. The van der Waals surface area contributed by atoms with E-state index in [2.05, 4.69) is 266 Å². The van der Waals surface area contributed by atoms with Gasteiger partial charge in [0.25, 0.3) is 0 Å². The maximum atomic E-state index is 2.47. The second kappa shape index (κ2) is 16.4. The van der Waals surface area contributed by atoms with Gasteiger partial charge in [0.05, 0.1) is 11.4 Å². The highest BCUT2D eigenvalue weighted by molar-refractivity contribution is 7.20. The molecule has 0 spiro atoms. The molecule has 0 unspecified atom stereocenters. The summed E-state index contributed by atoms with van der Waals surface area (Å²) in [5.74, 6) is 0. The van der Waals surface area contributed by atoms with Crippen molar-refractivity contribution in [1.82, 2.24) is 0 Å². The molecule has 0 aromatic heterocycles. The molecule has 2 heteroatoms. The van der Waals surface area contributed by atoms with Crippen LogP contribution >= 0.6 is 0 Å². The summed E-state index contributed by atoms with van der Waals surface area (Å²) in [5.41, 5.74) is 10.4. The third-order valence-corrected chi connectivity index (χ3v) is 16.6. The molecule has 10 aromatic carbocycles. The maximum absolute atomic E-state index is 2.82. The van der Waals surface area contributed by atoms with Crippen LogP contribution in [-0.2, 0) is 0 Å². The molecule has 60 heavy (non-hydrogen) atoms. The Morgan fingerprint density at radius 3 is 1.32 bits per heavy atom. The molecule has 0 aliphatic heterocycles. The molecule has 1 nitrogen and oxygen atoms in total. The summed E-state index contributed by atoms with van der Waals surface area (Å²) in [5, 5.41) is 7.91. The van der Waals surface area contributed by atoms with Crippen molar-refractivity contribution in [3.8, 4) is 33.4 Å². The van der Waals surface area contributed by atoms with Crippen molar-refractivity contribution in [3.05, 3.63) is 261 Å². The predicted molar refractivity (Wildman–Crippen MR) is 259 cm³/mol. The van der Waals surface area contributed by atoms with Crippen LogP contribution in [0.5, 0.6) is 0 Å². The zero-order valence-electron chi connectivity index (χ0n) is 33.3. The Kier molecular flexibility index (Phi) is 10.0. The van der Waals surface area contributed by atoms with Gasteiger partial charge in [0.2, 0.25) is 0 Å². The molecular weight excluding hydrogens is 739 g/mol. The Morgan fingerprint density at radius 2 is 0.700 bits per heavy atom. The first-order chi connectivity index (χ1) is 29.8. The van der Waals surface area contributed by atoms with E-state index >= 15 is 0 Å². The highest BCUT2D eigenvalue weighted by Crippen LogP contribution is 2.45. The van der Waals surface area contributed by atoms with E-state index < -0.39 is 8.07 Å². The first kappa shape index (κ1) is 36.8. The molecule has 0 bridgehead atoms. The molecular formula is C58H43NSi. The summed E-state index contributed by atoms with van der Waals surface area (Å²) >= 11 is 0. The quantitative estimate of drug-likeness (QED) is 0.0987. The smallest absolute Gasteiger partial charge is 0.179 e. The van der Waals surface area contributed by atoms with Gasteiger partial charge in [-0.25, -0.2) is 0 Å². The highest BCUT2D eigenvalue weighted by atomic mass is 28.3. The fourth-order valence-corrected chi connectivity index (χ4v) is 13.7. The van der Waals surface area contributed by atoms with Gasteiger partial charge in [-0.05, 0) is 84.1 Å². The van der Waals surface area contributed by atoms with Crippen molar-refractivity contribution >= 4 is 56.7 Å². The minimum atomic E-state index is -2.82. The number of nitrogens with zero attached hydrogens (tertiary/aromatic N) is 1. The van der Waals surface area contributed by atoms with Gasteiger partial charge in [-0.1, -0.05) is 231 Å². The second-order valence-electron chi connectivity index (χ2n) is 15.3. The molecule has 0 saturated heterocycles. The van der Waals surface area contributed by atoms with Gasteiger partial charge in [-0.2, -0.15) is 0 Å². The standard InChI is InChI=1S/C58H43NSi/c1-6-20-44(21-7-1)49-35-41-58(56(43-49)47-25-10-3-11-26-47)59(57-33-19-18-32-55(57)46-23-8-2-9-24-46)50-36-39-53(40-37-50)60(51-28-12-4-13-29-51,52-30-14-5-15-31-52)54-38-34-45-22-16-17-27-48(45)42-54/h1-43H. The fraction of sp³-hybridized carbons (Fsp3) is 0. The van der Waals surface area contributed by atoms with Crippen molar-refractivity contribution < 1.29 is 0 Å². The average molecular weight is 782 g/mol. The van der Waals surface area contributed by atoms with Gasteiger partial charge in [0, 0.05) is 16.8 Å². The molecule has 0 radical (unpaired) electrons. The maximum Gasteiger partial charge on any atom is 0.179 e. The van der Waals surface area contributed by atoms with Crippen molar-refractivity contribution in [2.24, 2.45) is 0 Å². The Labute approximate surface area is 354 Å². The summed E-state index contributed by atoms with van der Waals surface area (Å²) in [6.07, 6.45) is 0. The topological polar surface area (TPSA) is 3.24 Å². The van der Waals surface area contributed by atoms with Crippen LogP contribution in [0, 0.1) is 0 Å². The van der Waals surface area contributed by atoms with Crippen molar-refractivity contribution in [2.45, 2.75) is 0 Å². The summed E-state index contributed by atoms with van der Waals surface area (Å²) in [4.78, 5) is 2.47. The van der Waals surface area contributed by atoms with Gasteiger partial charge >= 0.3 is 0 Å². The Bertz CT molecular complexity index is 2960. The number of benzene rings is 10. The van der Waals surface area contributed by atoms with Crippen LogP contribution in [0.1, 0.15) is 0 Å². The number of rotatable bonds is 10. The Balaban J connectivity index is 1.22. The van der Waals surface area contributed by atoms with E-state index in [9.17, 15) is 0 Å². The number of fused-ring (bicyclic) bond motifs is 1. The van der Waals surface area contributed by atoms with E-state index in [4.69, 9.17) is 0 Å². The fourth-order valence-electron chi connectivity index (χ4n) is 8.99. The van der Waals surface area contributed by atoms with E-state index in [0.717, 1.165) is 22.6 Å². The molecule has 10 aromatic rings. The predicted octanol–water partition coefficient (Wildman–Crippen LogP) is 12.7. The van der Waals surface area contributed by atoms with E-state index in [0.29, 0.717) is 0 Å².